The fraction of sp³-hybridized carbons (Fsp3) is 0.524. The molecule has 0 radical (unpaired) electrons. The van der Waals surface area contributed by atoms with E-state index in [1.54, 1.807) is 32.4 Å². The van der Waals surface area contributed by atoms with Gasteiger partial charge in [0.25, 0.3) is 0 Å². The van der Waals surface area contributed by atoms with Crippen LogP contribution in [0.4, 0.5) is 0 Å². The number of hydrogen-bond donors (Lipinski definition) is 0. The number of carbonyl (C=O) groups excluding carboxylic acids is 2. The quantitative estimate of drug-likeness (QED) is 0.746. The first-order valence-electron chi connectivity index (χ1n) is 9.59. The van der Waals surface area contributed by atoms with Crippen molar-refractivity contribution in [1.29, 1.82) is 0 Å². The number of nitrogens with zero attached hydrogens (tertiary/aromatic N) is 2. The summed E-state index contributed by atoms with van der Waals surface area (Å²) in [6, 6.07) is 5.50. The Morgan fingerprint density at radius 1 is 0.926 bits per heavy atom. The van der Waals surface area contributed by atoms with Crippen molar-refractivity contribution in [1.82, 2.24) is 9.80 Å². The van der Waals surface area contributed by atoms with Gasteiger partial charge in [-0.15, -0.1) is 0 Å². The Morgan fingerprint density at radius 3 is 2.07 bits per heavy atom. The lowest BCUT2D eigenvalue weighted by Gasteiger charge is -2.32. The third kappa shape index (κ3) is 4.81. The van der Waals surface area contributed by atoms with E-state index in [1.807, 2.05) is 21.9 Å². The third-order valence-electron chi connectivity index (χ3n) is 5.37. The van der Waals surface area contributed by atoms with Gasteiger partial charge in [-0.2, -0.15) is 0 Å². The summed E-state index contributed by atoms with van der Waals surface area (Å²) in [5.74, 6) is 1.69. The molecule has 0 saturated carbocycles. The molecule has 0 aliphatic carbocycles. The van der Waals surface area contributed by atoms with E-state index in [-0.39, 0.29) is 17.7 Å². The van der Waals surface area contributed by atoms with Crippen LogP contribution in [0.1, 0.15) is 31.2 Å². The smallest absolute Gasteiger partial charge is 0.246 e. The van der Waals surface area contributed by atoms with E-state index in [0.29, 0.717) is 24.6 Å². The SMILES string of the molecule is COc1cc(/C=C/C(=O)N2CCC(C(=O)N3CCCC3)CC2)cc(OC)c1. The van der Waals surface area contributed by atoms with E-state index in [2.05, 4.69) is 0 Å². The number of carbonyl (C=O) groups is 2. The lowest BCUT2D eigenvalue weighted by Crippen LogP contribution is -2.43. The first kappa shape index (κ1) is 19.3. The van der Waals surface area contributed by atoms with Crippen molar-refractivity contribution < 1.29 is 19.1 Å². The number of hydrogen-bond acceptors (Lipinski definition) is 4. The molecular weight excluding hydrogens is 344 g/mol. The van der Waals surface area contributed by atoms with Gasteiger partial charge in [-0.1, -0.05) is 0 Å². The van der Waals surface area contributed by atoms with E-state index >= 15 is 0 Å². The molecule has 6 nitrogen and oxygen atoms in total. The monoisotopic (exact) mass is 372 g/mol. The maximum atomic E-state index is 12.5. The van der Waals surface area contributed by atoms with E-state index in [9.17, 15) is 9.59 Å². The predicted molar refractivity (Wildman–Crippen MR) is 104 cm³/mol. The lowest BCUT2D eigenvalue weighted by molar-refractivity contribution is -0.138. The van der Waals surface area contributed by atoms with Gasteiger partial charge in [0.15, 0.2) is 0 Å². The number of benzene rings is 1. The highest BCUT2D eigenvalue weighted by atomic mass is 16.5. The zero-order valence-electron chi connectivity index (χ0n) is 16.1. The molecule has 2 saturated heterocycles. The number of amides is 2. The number of likely N-dealkylation sites (tertiary alicyclic amines) is 2. The second-order valence-electron chi connectivity index (χ2n) is 7.11. The molecule has 0 aromatic heterocycles. The first-order valence-corrected chi connectivity index (χ1v) is 9.59. The minimum absolute atomic E-state index is 0.0242. The molecule has 0 spiro atoms. The van der Waals surface area contributed by atoms with Crippen LogP contribution in [0.3, 0.4) is 0 Å². The number of piperidine rings is 1. The highest BCUT2D eigenvalue weighted by Crippen LogP contribution is 2.24. The van der Waals surface area contributed by atoms with Gasteiger partial charge in [-0.25, -0.2) is 0 Å². The molecule has 2 aliphatic rings. The molecule has 0 bridgehead atoms. The molecule has 0 N–H and O–H groups in total. The van der Waals surface area contributed by atoms with Crippen molar-refractivity contribution in [2.24, 2.45) is 5.92 Å². The fourth-order valence-corrected chi connectivity index (χ4v) is 3.74. The van der Waals surface area contributed by atoms with E-state index in [4.69, 9.17) is 9.47 Å². The van der Waals surface area contributed by atoms with Crippen LogP contribution in [0, 0.1) is 5.92 Å². The molecule has 0 atom stereocenters. The second kappa shape index (κ2) is 8.93. The van der Waals surface area contributed by atoms with Crippen molar-refractivity contribution in [3.05, 3.63) is 29.8 Å². The largest absolute Gasteiger partial charge is 0.497 e. The Kier molecular flexibility index (Phi) is 6.37. The van der Waals surface area contributed by atoms with E-state index in [1.165, 1.54) is 0 Å². The van der Waals surface area contributed by atoms with Crippen LogP contribution < -0.4 is 9.47 Å². The van der Waals surface area contributed by atoms with Crippen LogP contribution in [0.5, 0.6) is 11.5 Å². The van der Waals surface area contributed by atoms with Gasteiger partial charge in [0, 0.05) is 44.2 Å². The maximum Gasteiger partial charge on any atom is 0.246 e. The van der Waals surface area contributed by atoms with Gasteiger partial charge in [0.2, 0.25) is 11.8 Å². The summed E-state index contributed by atoms with van der Waals surface area (Å²) in [5.41, 5.74) is 0.846. The lowest BCUT2D eigenvalue weighted by atomic mass is 9.95. The Morgan fingerprint density at radius 2 is 1.52 bits per heavy atom. The molecular formula is C21H28N2O4. The normalized spacial score (nSPS) is 18.1. The van der Waals surface area contributed by atoms with Gasteiger partial charge >= 0.3 is 0 Å². The molecule has 27 heavy (non-hydrogen) atoms. The Bertz CT molecular complexity index is 680. The van der Waals surface area contributed by atoms with Crippen LogP contribution in [0.2, 0.25) is 0 Å². The molecule has 6 heteroatoms. The summed E-state index contributed by atoms with van der Waals surface area (Å²) in [5, 5.41) is 0. The Balaban J connectivity index is 1.55. The average Bonchev–Trinajstić information content (AvgIpc) is 3.26. The van der Waals surface area contributed by atoms with Gasteiger partial charge in [-0.05, 0) is 49.5 Å². The van der Waals surface area contributed by atoms with Crippen LogP contribution in [0.15, 0.2) is 24.3 Å². The molecule has 2 aliphatic heterocycles. The zero-order valence-corrected chi connectivity index (χ0v) is 16.1. The van der Waals surface area contributed by atoms with Gasteiger partial charge in [0.1, 0.15) is 11.5 Å². The van der Waals surface area contributed by atoms with Gasteiger partial charge < -0.3 is 19.3 Å². The van der Waals surface area contributed by atoms with Crippen LogP contribution >= 0.6 is 0 Å². The number of ether oxygens (including phenoxy) is 2. The summed E-state index contributed by atoms with van der Waals surface area (Å²) in [4.78, 5) is 28.8. The molecule has 0 unspecified atom stereocenters. The molecule has 2 fully saturated rings. The minimum Gasteiger partial charge on any atom is -0.497 e. The molecule has 2 amide bonds. The van der Waals surface area contributed by atoms with E-state index < -0.39 is 0 Å². The summed E-state index contributed by atoms with van der Waals surface area (Å²) in [7, 11) is 3.20. The number of rotatable bonds is 5. The van der Waals surface area contributed by atoms with Crippen LogP contribution in [-0.2, 0) is 9.59 Å². The zero-order chi connectivity index (χ0) is 19.2. The van der Waals surface area contributed by atoms with Crippen molar-refractivity contribution in [3.63, 3.8) is 0 Å². The summed E-state index contributed by atoms with van der Waals surface area (Å²) >= 11 is 0. The molecule has 3 rings (SSSR count). The second-order valence-corrected chi connectivity index (χ2v) is 7.11. The number of methoxy groups -OCH3 is 2. The van der Waals surface area contributed by atoms with Crippen LogP contribution in [-0.4, -0.2) is 62.0 Å². The molecule has 1 aromatic carbocycles. The first-order chi connectivity index (χ1) is 13.1. The van der Waals surface area contributed by atoms with Gasteiger partial charge in [0.05, 0.1) is 14.2 Å². The average molecular weight is 372 g/mol. The Labute approximate surface area is 160 Å². The summed E-state index contributed by atoms with van der Waals surface area (Å²) < 4.78 is 10.5. The fourth-order valence-electron chi connectivity index (χ4n) is 3.74. The minimum atomic E-state index is -0.0242. The van der Waals surface area contributed by atoms with Crippen molar-refractivity contribution in [2.45, 2.75) is 25.7 Å². The highest BCUT2D eigenvalue weighted by molar-refractivity contribution is 5.92. The predicted octanol–water partition coefficient (Wildman–Crippen LogP) is 2.58. The van der Waals surface area contributed by atoms with Crippen molar-refractivity contribution in [3.8, 4) is 11.5 Å². The standard InChI is InChI=1S/C21H28N2O4/c1-26-18-13-16(14-19(15-18)27-2)5-6-20(24)22-11-7-17(8-12-22)21(25)23-9-3-4-10-23/h5-6,13-15,17H,3-4,7-12H2,1-2H3/b6-5+. The Hall–Kier alpha value is -2.50. The summed E-state index contributed by atoms with van der Waals surface area (Å²) in [6.45, 7) is 3.05. The van der Waals surface area contributed by atoms with Crippen LogP contribution in [0.25, 0.3) is 6.08 Å². The van der Waals surface area contributed by atoms with Gasteiger partial charge in [-0.3, -0.25) is 9.59 Å². The maximum absolute atomic E-state index is 12.5. The third-order valence-corrected chi connectivity index (χ3v) is 5.37. The summed E-state index contributed by atoms with van der Waals surface area (Å²) in [6.07, 6.45) is 7.08. The molecule has 146 valence electrons. The van der Waals surface area contributed by atoms with Crippen molar-refractivity contribution in [2.75, 3.05) is 40.4 Å². The highest BCUT2D eigenvalue weighted by Gasteiger charge is 2.30. The molecule has 2 heterocycles. The molecule has 1 aromatic rings. The van der Waals surface area contributed by atoms with Crippen molar-refractivity contribution >= 4 is 17.9 Å². The van der Waals surface area contributed by atoms with E-state index in [0.717, 1.165) is 44.3 Å². The topological polar surface area (TPSA) is 59.1 Å².